The van der Waals surface area contributed by atoms with Gasteiger partial charge in [-0.3, -0.25) is 0 Å². The summed E-state index contributed by atoms with van der Waals surface area (Å²) in [5, 5.41) is 19.0. The predicted octanol–water partition coefficient (Wildman–Crippen LogP) is 5.71. The second kappa shape index (κ2) is 7.41. The van der Waals surface area contributed by atoms with Gasteiger partial charge in [0.2, 0.25) is 5.41 Å². The van der Waals surface area contributed by atoms with Crippen molar-refractivity contribution in [2.24, 2.45) is 0 Å². The van der Waals surface area contributed by atoms with Crippen LogP contribution in [0.1, 0.15) is 22.3 Å². The van der Waals surface area contributed by atoms with E-state index in [-0.39, 0.29) is 18.2 Å². The summed E-state index contributed by atoms with van der Waals surface area (Å²) in [6, 6.07) is -1.49. The molecule has 0 aliphatic heterocycles. The van der Waals surface area contributed by atoms with Crippen LogP contribution in [-0.4, -0.2) is 22.6 Å². The normalized spacial score (nSPS) is 13.9. The molecule has 0 spiro atoms. The lowest BCUT2D eigenvalue weighted by Gasteiger charge is -2.40. The van der Waals surface area contributed by atoms with Crippen molar-refractivity contribution in [2.75, 3.05) is 11.5 Å². The lowest BCUT2D eigenvalue weighted by molar-refractivity contribution is -0.289. The average Bonchev–Trinajstić information content (AvgIpc) is 2.56. The van der Waals surface area contributed by atoms with Crippen LogP contribution in [-0.2, 0) is 17.8 Å². The molecule has 6 N–H and O–H groups in total. The van der Waals surface area contributed by atoms with Crippen molar-refractivity contribution >= 4 is 11.4 Å². The molecule has 4 nitrogen and oxygen atoms in total. The Morgan fingerprint density at radius 2 is 1.06 bits per heavy atom. The van der Waals surface area contributed by atoms with Crippen LogP contribution in [0.2, 0.25) is 0 Å². The first kappa shape index (κ1) is 26.1. The molecule has 0 aliphatic carbocycles. The summed E-state index contributed by atoms with van der Waals surface area (Å²) in [6.07, 6.45) is -25.4. The topological polar surface area (TPSA) is 92.5 Å². The zero-order valence-corrected chi connectivity index (χ0v) is 15.4. The van der Waals surface area contributed by atoms with E-state index < -0.39 is 81.3 Å². The fraction of sp³-hybridized carbons (Fsp3) is 0.294. The van der Waals surface area contributed by atoms with Crippen LogP contribution < -0.4 is 11.5 Å². The van der Waals surface area contributed by atoms with Crippen molar-refractivity contribution in [1.82, 2.24) is 0 Å². The first-order chi connectivity index (χ1) is 14.6. The maximum absolute atomic E-state index is 14.1. The van der Waals surface area contributed by atoms with Crippen molar-refractivity contribution in [2.45, 2.75) is 30.1 Å². The van der Waals surface area contributed by atoms with E-state index in [0.29, 0.717) is 0 Å². The standard InChI is InChI=1S/C17H10F12N2O2/c18-14(19,20)7-3-5(4-9(31)11(7)32)13(16(24,25)26,17(27,28)29)6-1-2-8(30)12(33)10(6)15(21,22)23/h1-4,32-33H,30-31H2. The fourth-order valence-electron chi connectivity index (χ4n) is 3.25. The van der Waals surface area contributed by atoms with E-state index >= 15 is 0 Å². The third kappa shape index (κ3) is 4.01. The Morgan fingerprint density at radius 3 is 1.45 bits per heavy atom. The maximum atomic E-state index is 14.1. The number of halogens is 12. The van der Waals surface area contributed by atoms with Crippen LogP contribution in [0.25, 0.3) is 0 Å². The van der Waals surface area contributed by atoms with Gasteiger partial charge in [0.1, 0.15) is 5.56 Å². The van der Waals surface area contributed by atoms with Crippen LogP contribution in [0.5, 0.6) is 11.5 Å². The number of hydrogen-bond donors (Lipinski definition) is 4. The minimum Gasteiger partial charge on any atom is -0.505 e. The molecule has 0 radical (unpaired) electrons. The molecule has 0 saturated carbocycles. The van der Waals surface area contributed by atoms with E-state index in [4.69, 9.17) is 11.5 Å². The lowest BCUT2D eigenvalue weighted by atomic mass is 9.70. The molecule has 2 rings (SSSR count). The summed E-state index contributed by atoms with van der Waals surface area (Å²) in [5.41, 5.74) is -9.21. The lowest BCUT2D eigenvalue weighted by Crippen LogP contribution is -2.55. The van der Waals surface area contributed by atoms with Crippen LogP contribution in [0.4, 0.5) is 64.1 Å². The summed E-state index contributed by atoms with van der Waals surface area (Å²) < 4.78 is 165. The number of benzene rings is 2. The Morgan fingerprint density at radius 1 is 0.576 bits per heavy atom. The largest absolute Gasteiger partial charge is 0.505 e. The molecule has 0 unspecified atom stereocenters. The molecular formula is C17H10F12N2O2. The number of phenols is 2. The zero-order valence-electron chi connectivity index (χ0n) is 15.4. The number of hydrogen-bond acceptors (Lipinski definition) is 4. The molecule has 16 heteroatoms. The second-order valence-electron chi connectivity index (χ2n) is 6.63. The van der Waals surface area contributed by atoms with Gasteiger partial charge in [-0.15, -0.1) is 0 Å². The summed E-state index contributed by atoms with van der Waals surface area (Å²) in [5.74, 6) is -4.15. The number of nitrogen functional groups attached to an aromatic ring is 2. The minimum absolute atomic E-state index is 0.0839. The Hall–Kier alpha value is -3.20. The zero-order chi connectivity index (χ0) is 25.9. The van der Waals surface area contributed by atoms with Gasteiger partial charge in [-0.05, 0) is 29.3 Å². The second-order valence-corrected chi connectivity index (χ2v) is 6.63. The van der Waals surface area contributed by atoms with Crippen molar-refractivity contribution in [3.8, 4) is 11.5 Å². The summed E-state index contributed by atoms with van der Waals surface area (Å²) in [4.78, 5) is 0. The van der Waals surface area contributed by atoms with Gasteiger partial charge in [0.05, 0.1) is 16.9 Å². The van der Waals surface area contributed by atoms with Crippen molar-refractivity contribution < 1.29 is 62.9 Å². The monoisotopic (exact) mass is 502 g/mol. The third-order valence-corrected chi connectivity index (χ3v) is 4.62. The highest BCUT2D eigenvalue weighted by atomic mass is 19.4. The van der Waals surface area contributed by atoms with Gasteiger partial charge in [0, 0.05) is 0 Å². The molecule has 2 aromatic carbocycles. The number of alkyl halides is 12. The molecule has 2 aromatic rings. The third-order valence-electron chi connectivity index (χ3n) is 4.62. The predicted molar refractivity (Wildman–Crippen MR) is 87.9 cm³/mol. The van der Waals surface area contributed by atoms with Gasteiger partial charge in [-0.2, -0.15) is 52.7 Å². The highest BCUT2D eigenvalue weighted by Crippen LogP contribution is 2.61. The number of anilines is 2. The average molecular weight is 502 g/mol. The first-order valence-electron chi connectivity index (χ1n) is 8.11. The Bertz CT molecular complexity index is 1050. The van der Waals surface area contributed by atoms with Gasteiger partial charge in [0.25, 0.3) is 0 Å². The highest BCUT2D eigenvalue weighted by molar-refractivity contribution is 5.66. The fourth-order valence-corrected chi connectivity index (χ4v) is 3.25. The van der Waals surface area contributed by atoms with Gasteiger partial charge >= 0.3 is 24.7 Å². The van der Waals surface area contributed by atoms with Gasteiger partial charge in [-0.25, -0.2) is 0 Å². The number of phenolic OH excluding ortho intramolecular Hbond substituents is 2. The SMILES string of the molecule is Nc1cc(C(c2ccc(N)c(O)c2C(F)(F)F)(C(F)(F)F)C(F)(F)F)cc(C(F)(F)F)c1O. The van der Waals surface area contributed by atoms with Crippen molar-refractivity contribution in [3.63, 3.8) is 0 Å². The minimum atomic E-state index is -6.78. The Labute approximate surface area is 175 Å². The van der Waals surface area contributed by atoms with Crippen LogP contribution in [0.15, 0.2) is 24.3 Å². The van der Waals surface area contributed by atoms with E-state index in [1.54, 1.807) is 0 Å². The summed E-state index contributed by atoms with van der Waals surface area (Å²) in [7, 11) is 0. The molecule has 0 bridgehead atoms. The maximum Gasteiger partial charge on any atom is 0.420 e. The molecule has 184 valence electrons. The summed E-state index contributed by atoms with van der Waals surface area (Å²) in [6.45, 7) is 0. The van der Waals surface area contributed by atoms with Crippen LogP contribution >= 0.6 is 0 Å². The van der Waals surface area contributed by atoms with Gasteiger partial charge in [-0.1, -0.05) is 6.07 Å². The summed E-state index contributed by atoms with van der Waals surface area (Å²) >= 11 is 0. The molecule has 0 saturated heterocycles. The van der Waals surface area contributed by atoms with Gasteiger partial charge in [0.15, 0.2) is 11.5 Å². The first-order valence-corrected chi connectivity index (χ1v) is 8.11. The molecule has 0 atom stereocenters. The van der Waals surface area contributed by atoms with Crippen molar-refractivity contribution in [1.29, 1.82) is 0 Å². The van der Waals surface area contributed by atoms with E-state index in [0.717, 1.165) is 0 Å². The molecule has 0 aliphatic rings. The van der Waals surface area contributed by atoms with Crippen LogP contribution in [0, 0.1) is 0 Å². The molecule has 0 fully saturated rings. The molecule has 33 heavy (non-hydrogen) atoms. The molecule has 0 amide bonds. The van der Waals surface area contributed by atoms with E-state index in [1.165, 1.54) is 0 Å². The Balaban J connectivity index is 3.27. The molecular weight excluding hydrogens is 492 g/mol. The van der Waals surface area contributed by atoms with Gasteiger partial charge < -0.3 is 21.7 Å². The number of aromatic hydroxyl groups is 2. The number of rotatable bonds is 2. The smallest absolute Gasteiger partial charge is 0.420 e. The molecule has 0 aromatic heterocycles. The van der Waals surface area contributed by atoms with E-state index in [1.807, 2.05) is 0 Å². The van der Waals surface area contributed by atoms with Crippen LogP contribution in [0.3, 0.4) is 0 Å². The van der Waals surface area contributed by atoms with Crippen molar-refractivity contribution in [3.05, 3.63) is 46.5 Å². The Kier molecular flexibility index (Phi) is 5.85. The quantitative estimate of drug-likeness (QED) is 0.241. The highest BCUT2D eigenvalue weighted by Gasteiger charge is 2.74. The number of nitrogens with two attached hydrogens (primary N) is 2. The van der Waals surface area contributed by atoms with E-state index in [9.17, 15) is 62.9 Å². The molecule has 0 heterocycles. The van der Waals surface area contributed by atoms with E-state index in [2.05, 4.69) is 0 Å².